The summed E-state index contributed by atoms with van der Waals surface area (Å²) < 4.78 is 0. The Kier molecular flexibility index (Phi) is 5.40. The molecule has 0 saturated heterocycles. The number of nitrogens with one attached hydrogen (secondary N) is 1. The molecule has 0 aliphatic rings. The van der Waals surface area contributed by atoms with Gasteiger partial charge in [0.1, 0.15) is 0 Å². The van der Waals surface area contributed by atoms with E-state index in [4.69, 9.17) is 0 Å². The van der Waals surface area contributed by atoms with Gasteiger partial charge in [-0.05, 0) is 43.1 Å². The third-order valence-electron chi connectivity index (χ3n) is 3.85. The minimum absolute atomic E-state index is 0.936. The van der Waals surface area contributed by atoms with Crippen molar-refractivity contribution in [1.29, 1.82) is 0 Å². The van der Waals surface area contributed by atoms with Crippen LogP contribution in [0.1, 0.15) is 29.2 Å². The fraction of sp³-hybridized carbons (Fsp3) is 0.368. The molecule has 0 aromatic heterocycles. The lowest BCUT2D eigenvalue weighted by molar-refractivity contribution is 0.717. The topological polar surface area (TPSA) is 15.3 Å². The SMILES string of the molecule is CCNCc1ccccc1CN(C)c1ccc(C)cc1C. The molecule has 0 spiro atoms. The zero-order valence-electron chi connectivity index (χ0n) is 13.6. The highest BCUT2D eigenvalue weighted by Gasteiger charge is 2.08. The quantitative estimate of drug-likeness (QED) is 0.860. The third-order valence-corrected chi connectivity index (χ3v) is 3.85. The van der Waals surface area contributed by atoms with Crippen LogP contribution in [0.25, 0.3) is 0 Å². The first-order chi connectivity index (χ1) is 10.1. The second-order valence-corrected chi connectivity index (χ2v) is 5.70. The van der Waals surface area contributed by atoms with E-state index in [1.807, 2.05) is 0 Å². The van der Waals surface area contributed by atoms with E-state index in [0.717, 1.165) is 19.6 Å². The smallest absolute Gasteiger partial charge is 0.0429 e. The van der Waals surface area contributed by atoms with Crippen molar-refractivity contribution in [2.24, 2.45) is 0 Å². The summed E-state index contributed by atoms with van der Waals surface area (Å²) in [6.07, 6.45) is 0. The first-order valence-corrected chi connectivity index (χ1v) is 7.67. The van der Waals surface area contributed by atoms with Crippen LogP contribution in [0.5, 0.6) is 0 Å². The highest BCUT2D eigenvalue weighted by molar-refractivity contribution is 5.54. The maximum atomic E-state index is 3.42. The number of hydrogen-bond donors (Lipinski definition) is 1. The molecule has 2 aromatic rings. The zero-order chi connectivity index (χ0) is 15.2. The number of rotatable bonds is 6. The Bertz CT molecular complexity index is 590. The fourth-order valence-electron chi connectivity index (χ4n) is 2.72. The molecule has 0 heterocycles. The van der Waals surface area contributed by atoms with Crippen molar-refractivity contribution in [3.63, 3.8) is 0 Å². The van der Waals surface area contributed by atoms with Gasteiger partial charge in [-0.25, -0.2) is 0 Å². The van der Waals surface area contributed by atoms with Crippen LogP contribution in [0.2, 0.25) is 0 Å². The Labute approximate surface area is 128 Å². The molecule has 0 aliphatic heterocycles. The van der Waals surface area contributed by atoms with Crippen LogP contribution in [-0.4, -0.2) is 13.6 Å². The van der Waals surface area contributed by atoms with Gasteiger partial charge in [0, 0.05) is 25.8 Å². The largest absolute Gasteiger partial charge is 0.370 e. The molecule has 1 N–H and O–H groups in total. The molecule has 21 heavy (non-hydrogen) atoms. The minimum Gasteiger partial charge on any atom is -0.370 e. The van der Waals surface area contributed by atoms with Gasteiger partial charge in [0.2, 0.25) is 0 Å². The van der Waals surface area contributed by atoms with Crippen LogP contribution >= 0.6 is 0 Å². The van der Waals surface area contributed by atoms with Gasteiger partial charge in [-0.1, -0.05) is 48.9 Å². The Hall–Kier alpha value is -1.80. The second-order valence-electron chi connectivity index (χ2n) is 5.70. The molecule has 2 rings (SSSR count). The van der Waals surface area contributed by atoms with Crippen molar-refractivity contribution in [2.75, 3.05) is 18.5 Å². The molecular weight excluding hydrogens is 256 g/mol. The average Bonchev–Trinajstić information content (AvgIpc) is 2.46. The van der Waals surface area contributed by atoms with Gasteiger partial charge in [0.15, 0.2) is 0 Å². The second kappa shape index (κ2) is 7.28. The average molecular weight is 282 g/mol. The normalized spacial score (nSPS) is 10.7. The predicted octanol–water partition coefficient (Wildman–Crippen LogP) is 4.05. The van der Waals surface area contributed by atoms with Gasteiger partial charge in [0.25, 0.3) is 0 Å². The van der Waals surface area contributed by atoms with Gasteiger partial charge < -0.3 is 10.2 Å². The monoisotopic (exact) mass is 282 g/mol. The number of aryl methyl sites for hydroxylation is 2. The summed E-state index contributed by atoms with van der Waals surface area (Å²) in [4.78, 5) is 2.33. The summed E-state index contributed by atoms with van der Waals surface area (Å²) in [5, 5.41) is 3.42. The van der Waals surface area contributed by atoms with Crippen molar-refractivity contribution in [3.05, 3.63) is 64.7 Å². The Morgan fingerprint density at radius 3 is 2.38 bits per heavy atom. The molecule has 0 aliphatic carbocycles. The van der Waals surface area contributed by atoms with Gasteiger partial charge >= 0.3 is 0 Å². The van der Waals surface area contributed by atoms with Crippen LogP contribution < -0.4 is 10.2 Å². The summed E-state index contributed by atoms with van der Waals surface area (Å²) in [6.45, 7) is 9.34. The molecule has 0 radical (unpaired) electrons. The molecular formula is C19H26N2. The van der Waals surface area contributed by atoms with E-state index < -0.39 is 0 Å². The molecule has 0 unspecified atom stereocenters. The fourth-order valence-corrected chi connectivity index (χ4v) is 2.72. The van der Waals surface area contributed by atoms with E-state index in [2.05, 4.69) is 80.5 Å². The van der Waals surface area contributed by atoms with Crippen molar-refractivity contribution in [2.45, 2.75) is 33.9 Å². The Morgan fingerprint density at radius 2 is 1.71 bits per heavy atom. The maximum Gasteiger partial charge on any atom is 0.0429 e. The molecule has 112 valence electrons. The summed E-state index contributed by atoms with van der Waals surface area (Å²) in [5.41, 5.74) is 6.73. The first kappa shape index (κ1) is 15.6. The van der Waals surface area contributed by atoms with E-state index in [1.165, 1.54) is 27.9 Å². The van der Waals surface area contributed by atoms with Crippen molar-refractivity contribution in [3.8, 4) is 0 Å². The molecule has 0 saturated carbocycles. The van der Waals surface area contributed by atoms with E-state index in [-0.39, 0.29) is 0 Å². The molecule has 0 atom stereocenters. The first-order valence-electron chi connectivity index (χ1n) is 7.67. The van der Waals surface area contributed by atoms with Gasteiger partial charge in [-0.3, -0.25) is 0 Å². The molecule has 0 bridgehead atoms. The van der Waals surface area contributed by atoms with Crippen molar-refractivity contribution in [1.82, 2.24) is 5.32 Å². The molecule has 0 amide bonds. The Balaban J connectivity index is 2.17. The minimum atomic E-state index is 0.936. The zero-order valence-corrected chi connectivity index (χ0v) is 13.6. The Morgan fingerprint density at radius 1 is 1.00 bits per heavy atom. The van der Waals surface area contributed by atoms with Crippen LogP contribution in [0.4, 0.5) is 5.69 Å². The van der Waals surface area contributed by atoms with Gasteiger partial charge in [-0.15, -0.1) is 0 Å². The highest BCUT2D eigenvalue weighted by Crippen LogP contribution is 2.22. The maximum absolute atomic E-state index is 3.42. The van der Waals surface area contributed by atoms with E-state index in [9.17, 15) is 0 Å². The van der Waals surface area contributed by atoms with Crippen molar-refractivity contribution >= 4 is 5.69 Å². The number of benzene rings is 2. The van der Waals surface area contributed by atoms with Crippen LogP contribution in [0.15, 0.2) is 42.5 Å². The third kappa shape index (κ3) is 4.08. The van der Waals surface area contributed by atoms with E-state index in [0.29, 0.717) is 0 Å². The van der Waals surface area contributed by atoms with Crippen LogP contribution in [0.3, 0.4) is 0 Å². The van der Waals surface area contributed by atoms with Crippen LogP contribution in [-0.2, 0) is 13.1 Å². The molecule has 0 fully saturated rings. The summed E-state index contributed by atoms with van der Waals surface area (Å²) in [5.74, 6) is 0. The van der Waals surface area contributed by atoms with Crippen LogP contribution in [0, 0.1) is 13.8 Å². The molecule has 2 nitrogen and oxygen atoms in total. The van der Waals surface area contributed by atoms with Gasteiger partial charge in [-0.2, -0.15) is 0 Å². The van der Waals surface area contributed by atoms with Crippen molar-refractivity contribution < 1.29 is 0 Å². The van der Waals surface area contributed by atoms with Gasteiger partial charge in [0.05, 0.1) is 0 Å². The molecule has 2 aromatic carbocycles. The lowest BCUT2D eigenvalue weighted by Crippen LogP contribution is -2.20. The lowest BCUT2D eigenvalue weighted by atomic mass is 10.1. The predicted molar refractivity (Wildman–Crippen MR) is 91.8 cm³/mol. The number of nitrogens with zero attached hydrogens (tertiary/aromatic N) is 1. The highest BCUT2D eigenvalue weighted by atomic mass is 15.1. The lowest BCUT2D eigenvalue weighted by Gasteiger charge is -2.23. The van der Waals surface area contributed by atoms with E-state index >= 15 is 0 Å². The molecule has 2 heteroatoms. The number of hydrogen-bond acceptors (Lipinski definition) is 2. The summed E-state index contributed by atoms with van der Waals surface area (Å²) in [6, 6.07) is 15.3. The summed E-state index contributed by atoms with van der Waals surface area (Å²) in [7, 11) is 2.17. The standard InChI is InChI=1S/C19H26N2/c1-5-20-13-17-8-6-7-9-18(17)14-21(4)19-11-10-15(2)12-16(19)3/h6-12,20H,5,13-14H2,1-4H3. The van der Waals surface area contributed by atoms with E-state index in [1.54, 1.807) is 0 Å². The number of anilines is 1. The summed E-state index contributed by atoms with van der Waals surface area (Å²) >= 11 is 0.